The van der Waals surface area contributed by atoms with Gasteiger partial charge in [0.25, 0.3) is 8.68 Å². The lowest BCUT2D eigenvalue weighted by molar-refractivity contribution is -0.118. The monoisotopic (exact) mass is 159 g/mol. The van der Waals surface area contributed by atoms with Crippen molar-refractivity contribution in [3.8, 4) is 0 Å². The first-order valence-corrected chi connectivity index (χ1v) is 5.48. The second-order valence-corrected chi connectivity index (χ2v) is 4.19. The van der Waals surface area contributed by atoms with Crippen LogP contribution in [0.15, 0.2) is 0 Å². The lowest BCUT2D eigenvalue weighted by atomic mass is 10.5. The van der Waals surface area contributed by atoms with E-state index in [-0.39, 0.29) is 5.91 Å². The highest BCUT2D eigenvalue weighted by molar-refractivity contribution is 6.40. The zero-order valence-electron chi connectivity index (χ0n) is 6.44. The molecule has 0 aliphatic carbocycles. The zero-order valence-corrected chi connectivity index (χ0v) is 7.44. The SMILES string of the molecule is CC(=O)NCCC[Si](C)=O. The van der Waals surface area contributed by atoms with Gasteiger partial charge in [0, 0.05) is 13.5 Å². The number of nitrogens with one attached hydrogen (secondary N) is 1. The van der Waals surface area contributed by atoms with Crippen LogP contribution in [0.1, 0.15) is 13.3 Å². The average molecular weight is 159 g/mol. The van der Waals surface area contributed by atoms with E-state index >= 15 is 0 Å². The van der Waals surface area contributed by atoms with Gasteiger partial charge in [0.1, 0.15) is 0 Å². The molecule has 0 spiro atoms. The van der Waals surface area contributed by atoms with E-state index in [4.69, 9.17) is 0 Å². The molecule has 0 radical (unpaired) electrons. The van der Waals surface area contributed by atoms with Gasteiger partial charge in [0.15, 0.2) is 0 Å². The van der Waals surface area contributed by atoms with E-state index in [1.54, 1.807) is 6.55 Å². The third kappa shape index (κ3) is 7.49. The molecule has 0 aromatic carbocycles. The molecule has 10 heavy (non-hydrogen) atoms. The summed E-state index contributed by atoms with van der Waals surface area (Å²) in [5, 5.41) is 2.64. The number of hydrogen-bond acceptors (Lipinski definition) is 2. The molecule has 0 aromatic heterocycles. The first kappa shape index (κ1) is 9.49. The molecule has 0 aliphatic heterocycles. The zero-order chi connectivity index (χ0) is 7.98. The summed E-state index contributed by atoms with van der Waals surface area (Å²) in [6.07, 6.45) is 0.827. The summed E-state index contributed by atoms with van der Waals surface area (Å²) in [5.41, 5.74) is 0. The van der Waals surface area contributed by atoms with E-state index < -0.39 is 8.68 Å². The summed E-state index contributed by atoms with van der Waals surface area (Å²) >= 11 is 0. The molecule has 58 valence electrons. The predicted molar refractivity (Wildman–Crippen MR) is 40.4 cm³/mol. The number of rotatable bonds is 4. The van der Waals surface area contributed by atoms with Crippen LogP contribution < -0.4 is 5.32 Å². The molecule has 0 atom stereocenters. The Hall–Kier alpha value is -0.513. The van der Waals surface area contributed by atoms with E-state index in [0.717, 1.165) is 12.5 Å². The third-order valence-corrected chi connectivity index (χ3v) is 2.14. The highest BCUT2D eigenvalue weighted by Crippen LogP contribution is 1.87. The summed E-state index contributed by atoms with van der Waals surface area (Å²) in [7, 11) is -1.33. The minimum atomic E-state index is -1.33. The van der Waals surface area contributed by atoms with Crippen molar-refractivity contribution >= 4 is 14.6 Å². The van der Waals surface area contributed by atoms with Gasteiger partial charge < -0.3 is 9.78 Å². The molecule has 3 nitrogen and oxygen atoms in total. The van der Waals surface area contributed by atoms with Crippen molar-refractivity contribution in [1.82, 2.24) is 5.32 Å². The van der Waals surface area contributed by atoms with Gasteiger partial charge >= 0.3 is 0 Å². The van der Waals surface area contributed by atoms with Gasteiger partial charge in [0.2, 0.25) is 5.91 Å². The summed E-state index contributed by atoms with van der Waals surface area (Å²) < 4.78 is 10.6. The summed E-state index contributed by atoms with van der Waals surface area (Å²) in [5.74, 6) is -0.0178. The van der Waals surface area contributed by atoms with Gasteiger partial charge in [-0.15, -0.1) is 0 Å². The molecule has 0 unspecified atom stereocenters. The first-order valence-electron chi connectivity index (χ1n) is 3.37. The van der Waals surface area contributed by atoms with Crippen LogP contribution in [0.25, 0.3) is 0 Å². The molecular formula is C6H13NO2Si. The van der Waals surface area contributed by atoms with Gasteiger partial charge in [-0.25, -0.2) is 0 Å². The van der Waals surface area contributed by atoms with E-state index in [1.165, 1.54) is 6.92 Å². The smallest absolute Gasteiger partial charge is 0.273 e. The first-order chi connectivity index (χ1) is 4.63. The number of carbonyl (C=O) groups is 1. The minimum absolute atomic E-state index is 0.0178. The Kier molecular flexibility index (Phi) is 5.01. The topological polar surface area (TPSA) is 46.2 Å². The molecule has 0 fully saturated rings. The van der Waals surface area contributed by atoms with Crippen LogP contribution in [0.3, 0.4) is 0 Å². The largest absolute Gasteiger partial charge is 0.389 e. The van der Waals surface area contributed by atoms with E-state index in [0.29, 0.717) is 6.54 Å². The highest BCUT2D eigenvalue weighted by atomic mass is 28.3. The maximum Gasteiger partial charge on any atom is 0.273 e. The number of carbonyl (C=O) groups excluding carboxylic acids is 1. The lowest BCUT2D eigenvalue weighted by Gasteiger charge is -1.97. The molecule has 0 rings (SSSR count). The van der Waals surface area contributed by atoms with Crippen LogP contribution in [-0.2, 0) is 9.26 Å². The molecule has 0 aromatic rings. The molecule has 4 heteroatoms. The fraction of sp³-hybridized carbons (Fsp3) is 0.833. The van der Waals surface area contributed by atoms with E-state index in [2.05, 4.69) is 5.32 Å². The molecule has 0 bridgehead atoms. The maximum atomic E-state index is 10.6. The normalized spacial score (nSPS) is 9.00. The van der Waals surface area contributed by atoms with Gasteiger partial charge in [0.05, 0.1) is 0 Å². The molecular weight excluding hydrogens is 146 g/mol. The van der Waals surface area contributed by atoms with Crippen LogP contribution >= 0.6 is 0 Å². The Morgan fingerprint density at radius 2 is 2.20 bits per heavy atom. The second-order valence-electron chi connectivity index (χ2n) is 2.29. The van der Waals surface area contributed by atoms with Crippen LogP contribution in [0.5, 0.6) is 0 Å². The van der Waals surface area contributed by atoms with Crippen molar-refractivity contribution in [2.45, 2.75) is 25.9 Å². The Labute approximate surface area is 62.5 Å². The second kappa shape index (κ2) is 5.29. The Balaban J connectivity index is 3.06. The molecule has 0 aliphatic rings. The minimum Gasteiger partial charge on any atom is -0.389 e. The summed E-state index contributed by atoms with van der Waals surface area (Å²) in [6, 6.07) is 0.741. The number of amides is 1. The Morgan fingerprint density at radius 3 is 2.60 bits per heavy atom. The van der Waals surface area contributed by atoms with Crippen molar-refractivity contribution < 1.29 is 9.26 Å². The summed E-state index contributed by atoms with van der Waals surface area (Å²) in [6.45, 7) is 3.87. The molecule has 0 heterocycles. The fourth-order valence-corrected chi connectivity index (χ4v) is 1.28. The van der Waals surface area contributed by atoms with E-state index in [9.17, 15) is 9.26 Å². The fourth-order valence-electron chi connectivity index (χ4n) is 0.602. The highest BCUT2D eigenvalue weighted by Gasteiger charge is 1.95. The maximum absolute atomic E-state index is 10.6. The Bertz CT molecular complexity index is 120. The van der Waals surface area contributed by atoms with Gasteiger partial charge in [-0.3, -0.25) is 4.79 Å². The van der Waals surface area contributed by atoms with Crippen molar-refractivity contribution in [3.05, 3.63) is 0 Å². The molecule has 1 amide bonds. The van der Waals surface area contributed by atoms with Crippen LogP contribution in [0.2, 0.25) is 12.6 Å². The third-order valence-electron chi connectivity index (χ3n) is 1.08. The van der Waals surface area contributed by atoms with E-state index in [1.807, 2.05) is 0 Å². The van der Waals surface area contributed by atoms with Crippen molar-refractivity contribution in [3.63, 3.8) is 0 Å². The molecule has 1 N–H and O–H groups in total. The van der Waals surface area contributed by atoms with Gasteiger partial charge in [-0.2, -0.15) is 0 Å². The van der Waals surface area contributed by atoms with Crippen LogP contribution in [0, 0.1) is 0 Å². The Morgan fingerprint density at radius 1 is 1.60 bits per heavy atom. The number of hydrogen-bond donors (Lipinski definition) is 1. The van der Waals surface area contributed by atoms with Gasteiger partial charge in [-0.1, -0.05) is 0 Å². The van der Waals surface area contributed by atoms with Crippen molar-refractivity contribution in [1.29, 1.82) is 0 Å². The standard InChI is InChI=1S/C6H13NO2Si/c1-6(8)7-4-3-5-10(2)9/h3-5H2,1-2H3,(H,7,8). The van der Waals surface area contributed by atoms with Gasteiger partial charge in [-0.05, 0) is 19.0 Å². The molecule has 0 saturated heterocycles. The summed E-state index contributed by atoms with van der Waals surface area (Å²) in [4.78, 5) is 10.3. The lowest BCUT2D eigenvalue weighted by Crippen LogP contribution is -2.21. The average Bonchev–Trinajstić information content (AvgIpc) is 1.79. The predicted octanol–water partition coefficient (Wildman–Crippen LogP) is 0.564. The quantitative estimate of drug-likeness (QED) is 0.481. The van der Waals surface area contributed by atoms with Crippen molar-refractivity contribution in [2.75, 3.05) is 6.54 Å². The van der Waals surface area contributed by atoms with Crippen molar-refractivity contribution in [2.24, 2.45) is 0 Å². The van der Waals surface area contributed by atoms with Crippen LogP contribution in [-0.4, -0.2) is 21.1 Å². The van der Waals surface area contributed by atoms with Crippen LogP contribution in [0.4, 0.5) is 0 Å². The molecule has 0 saturated carbocycles.